The van der Waals surface area contributed by atoms with Crippen molar-refractivity contribution in [1.82, 2.24) is 10.8 Å². The zero-order valence-corrected chi connectivity index (χ0v) is 17.3. The van der Waals surface area contributed by atoms with E-state index in [1.54, 1.807) is 27.7 Å². The van der Waals surface area contributed by atoms with E-state index in [1.807, 2.05) is 51.1 Å². The van der Waals surface area contributed by atoms with Crippen molar-refractivity contribution in [3.05, 3.63) is 35.9 Å². The highest BCUT2D eigenvalue weighted by atomic mass is 16.7. The molecule has 0 fully saturated rings. The first kappa shape index (κ1) is 22.9. The predicted octanol–water partition coefficient (Wildman–Crippen LogP) is 3.33. The largest absolute Gasteiger partial charge is 0.445 e. The third-order valence-corrected chi connectivity index (χ3v) is 3.24. The number of benzene rings is 1. The van der Waals surface area contributed by atoms with E-state index in [1.165, 1.54) is 0 Å². The van der Waals surface area contributed by atoms with Gasteiger partial charge in [-0.25, -0.2) is 10.3 Å². The van der Waals surface area contributed by atoms with Crippen LogP contribution in [0, 0.1) is 0 Å². The zero-order chi connectivity index (χ0) is 20.7. The van der Waals surface area contributed by atoms with E-state index in [4.69, 9.17) is 14.3 Å². The molecular weight excluding hydrogens is 348 g/mol. The van der Waals surface area contributed by atoms with Gasteiger partial charge in [-0.15, -0.1) is 0 Å². The van der Waals surface area contributed by atoms with Gasteiger partial charge in [0.05, 0.1) is 17.3 Å². The lowest BCUT2D eigenvalue weighted by Crippen LogP contribution is -2.55. The number of hydroxylamine groups is 1. The van der Waals surface area contributed by atoms with Gasteiger partial charge in [0.2, 0.25) is 0 Å². The number of hydrogen-bond donors (Lipinski definition) is 2. The van der Waals surface area contributed by atoms with E-state index >= 15 is 0 Å². The summed E-state index contributed by atoms with van der Waals surface area (Å²) in [5, 5.41) is 2.57. The average Bonchev–Trinajstić information content (AvgIpc) is 2.54. The van der Waals surface area contributed by atoms with Gasteiger partial charge in [-0.2, -0.15) is 0 Å². The van der Waals surface area contributed by atoms with Gasteiger partial charge >= 0.3 is 6.09 Å². The van der Waals surface area contributed by atoms with E-state index in [-0.39, 0.29) is 6.61 Å². The molecule has 0 saturated carbocycles. The summed E-state index contributed by atoms with van der Waals surface area (Å²) >= 11 is 0. The fourth-order valence-electron chi connectivity index (χ4n) is 2.18. The summed E-state index contributed by atoms with van der Waals surface area (Å²) in [4.78, 5) is 30.0. The Kier molecular flexibility index (Phi) is 8.24. The first-order valence-electron chi connectivity index (χ1n) is 9.00. The van der Waals surface area contributed by atoms with Crippen molar-refractivity contribution in [2.75, 3.05) is 0 Å². The first-order chi connectivity index (χ1) is 12.4. The number of carbonyl (C=O) groups excluding carboxylic acids is 2. The normalized spacial score (nSPS) is 14.2. The Morgan fingerprint density at radius 2 is 1.59 bits per heavy atom. The highest BCUT2D eigenvalue weighted by Gasteiger charge is 2.32. The minimum atomic E-state index is -0.977. The van der Waals surface area contributed by atoms with Crippen LogP contribution < -0.4 is 10.8 Å². The van der Waals surface area contributed by atoms with Crippen molar-refractivity contribution in [2.45, 2.75) is 78.4 Å². The summed E-state index contributed by atoms with van der Waals surface area (Å²) in [5.74, 6) is -0.515. The van der Waals surface area contributed by atoms with Gasteiger partial charge in [-0.1, -0.05) is 30.3 Å². The Hall–Kier alpha value is -2.12. The first-order valence-corrected chi connectivity index (χ1v) is 9.00. The quantitative estimate of drug-likeness (QED) is 0.709. The van der Waals surface area contributed by atoms with Crippen molar-refractivity contribution in [2.24, 2.45) is 0 Å². The lowest BCUT2D eigenvalue weighted by molar-refractivity contribution is -0.154. The maximum atomic E-state index is 12.5. The fraction of sp³-hybridized carbons (Fsp3) is 0.600. The Labute approximate surface area is 161 Å². The lowest BCUT2D eigenvalue weighted by Gasteiger charge is -2.31. The van der Waals surface area contributed by atoms with Crippen molar-refractivity contribution >= 4 is 12.0 Å². The number of alkyl carbamates (subject to hydrolysis) is 1. The molecule has 2 amide bonds. The van der Waals surface area contributed by atoms with Crippen LogP contribution in [0.25, 0.3) is 0 Å². The highest BCUT2D eigenvalue weighted by Crippen LogP contribution is 2.14. The van der Waals surface area contributed by atoms with Crippen LogP contribution in [0.5, 0.6) is 0 Å². The number of carbonyl (C=O) groups is 2. The molecule has 0 saturated heterocycles. The molecule has 1 rings (SSSR count). The molecule has 1 aromatic carbocycles. The molecule has 0 aliphatic carbocycles. The smallest absolute Gasteiger partial charge is 0.408 e. The molecule has 27 heavy (non-hydrogen) atoms. The molecule has 0 aliphatic heterocycles. The Bertz CT molecular complexity index is 605. The number of rotatable bonds is 7. The fourth-order valence-corrected chi connectivity index (χ4v) is 2.18. The summed E-state index contributed by atoms with van der Waals surface area (Å²) in [5.41, 5.74) is 2.18. The maximum absolute atomic E-state index is 12.5. The summed E-state index contributed by atoms with van der Waals surface area (Å²) in [6, 6.07) is 8.31. The van der Waals surface area contributed by atoms with E-state index in [2.05, 4.69) is 10.8 Å². The number of ether oxygens (including phenoxy) is 2. The third kappa shape index (κ3) is 9.96. The van der Waals surface area contributed by atoms with Crippen LogP contribution >= 0.6 is 0 Å². The molecule has 152 valence electrons. The molecule has 2 atom stereocenters. The van der Waals surface area contributed by atoms with Crippen molar-refractivity contribution in [3.63, 3.8) is 0 Å². The molecule has 0 heterocycles. The van der Waals surface area contributed by atoms with Gasteiger partial charge in [-0.05, 0) is 54.0 Å². The van der Waals surface area contributed by atoms with E-state index in [0.717, 1.165) is 5.56 Å². The van der Waals surface area contributed by atoms with E-state index in [0.29, 0.717) is 0 Å². The molecule has 0 unspecified atom stereocenters. The standard InChI is InChI=1S/C20H32N2O5/c1-14(26-19(2,3)4)16(17(23)22-27-20(5,6)7)21-18(24)25-13-15-11-9-8-10-12-15/h8-12,14,16H,13H2,1-7H3,(H,21,24)(H,22,23)/t14-,16+/m1/s1. The summed E-state index contributed by atoms with van der Waals surface area (Å²) < 4.78 is 11.0. The van der Waals surface area contributed by atoms with Crippen molar-refractivity contribution in [1.29, 1.82) is 0 Å². The van der Waals surface area contributed by atoms with Crippen LogP contribution in [-0.2, 0) is 25.7 Å². The number of hydrogen-bond acceptors (Lipinski definition) is 5. The second kappa shape index (κ2) is 9.71. The Morgan fingerprint density at radius 1 is 1.00 bits per heavy atom. The summed E-state index contributed by atoms with van der Waals surface area (Å²) in [6.07, 6.45) is -1.31. The van der Waals surface area contributed by atoms with Crippen molar-refractivity contribution < 1.29 is 23.9 Å². The second-order valence-electron chi connectivity index (χ2n) is 8.30. The average molecular weight is 380 g/mol. The topological polar surface area (TPSA) is 85.9 Å². The SMILES string of the molecule is C[C@@H](OC(C)(C)C)[C@H](NC(=O)OCc1ccccc1)C(=O)NOC(C)(C)C. The molecule has 0 spiro atoms. The second-order valence-corrected chi connectivity index (χ2v) is 8.30. The molecule has 0 radical (unpaired) electrons. The molecule has 7 nitrogen and oxygen atoms in total. The van der Waals surface area contributed by atoms with Crippen LogP contribution in [0.3, 0.4) is 0 Å². The molecule has 1 aromatic rings. The summed E-state index contributed by atoms with van der Waals surface area (Å²) in [6.45, 7) is 12.8. The molecular formula is C20H32N2O5. The zero-order valence-electron chi connectivity index (χ0n) is 17.3. The predicted molar refractivity (Wildman–Crippen MR) is 103 cm³/mol. The van der Waals surface area contributed by atoms with Gasteiger partial charge in [0.15, 0.2) is 0 Å². The molecule has 0 aliphatic rings. The van der Waals surface area contributed by atoms with Gasteiger partial charge in [0.1, 0.15) is 12.6 Å². The van der Waals surface area contributed by atoms with Crippen LogP contribution in [0.1, 0.15) is 54.0 Å². The molecule has 7 heteroatoms. The van der Waals surface area contributed by atoms with E-state index in [9.17, 15) is 9.59 Å². The van der Waals surface area contributed by atoms with Crippen LogP contribution in [0.4, 0.5) is 4.79 Å². The molecule has 0 aromatic heterocycles. The van der Waals surface area contributed by atoms with Crippen molar-refractivity contribution in [3.8, 4) is 0 Å². The van der Waals surface area contributed by atoms with Crippen LogP contribution in [-0.4, -0.2) is 35.3 Å². The molecule has 2 N–H and O–H groups in total. The van der Waals surface area contributed by atoms with Gasteiger partial charge < -0.3 is 14.8 Å². The maximum Gasteiger partial charge on any atom is 0.408 e. The van der Waals surface area contributed by atoms with Crippen LogP contribution in [0.15, 0.2) is 30.3 Å². The Balaban J connectivity index is 2.73. The number of amides is 2. The van der Waals surface area contributed by atoms with Gasteiger partial charge in [0.25, 0.3) is 5.91 Å². The monoisotopic (exact) mass is 380 g/mol. The van der Waals surface area contributed by atoms with Gasteiger partial charge in [-0.3, -0.25) is 9.63 Å². The lowest BCUT2D eigenvalue weighted by atomic mass is 10.1. The highest BCUT2D eigenvalue weighted by molar-refractivity contribution is 5.85. The summed E-state index contributed by atoms with van der Waals surface area (Å²) in [7, 11) is 0. The Morgan fingerprint density at radius 3 is 2.11 bits per heavy atom. The van der Waals surface area contributed by atoms with Gasteiger partial charge in [0, 0.05) is 0 Å². The molecule has 0 bridgehead atoms. The van der Waals surface area contributed by atoms with Crippen LogP contribution in [0.2, 0.25) is 0 Å². The number of nitrogens with one attached hydrogen (secondary N) is 2. The third-order valence-electron chi connectivity index (χ3n) is 3.24. The minimum Gasteiger partial charge on any atom is -0.445 e. The van der Waals surface area contributed by atoms with E-state index < -0.39 is 35.3 Å². The minimum absolute atomic E-state index is 0.105.